The van der Waals surface area contributed by atoms with Gasteiger partial charge in [-0.1, -0.05) is 24.3 Å². The Kier molecular flexibility index (Phi) is 4.57. The minimum atomic E-state index is 0.444. The van der Waals surface area contributed by atoms with Gasteiger partial charge in [0.2, 0.25) is 0 Å². The van der Waals surface area contributed by atoms with Crippen molar-refractivity contribution in [1.29, 1.82) is 0 Å². The normalized spacial score (nSPS) is 11.5. The molecule has 0 spiro atoms. The van der Waals surface area contributed by atoms with E-state index in [9.17, 15) is 0 Å². The van der Waals surface area contributed by atoms with E-state index in [4.69, 9.17) is 12.2 Å². The lowest BCUT2D eigenvalue weighted by Crippen LogP contribution is -2.25. The van der Waals surface area contributed by atoms with Crippen molar-refractivity contribution in [2.45, 2.75) is 20.8 Å². The summed E-state index contributed by atoms with van der Waals surface area (Å²) < 4.78 is 0. The Bertz CT molecular complexity index is 893. The summed E-state index contributed by atoms with van der Waals surface area (Å²) in [5.41, 5.74) is 8.78. The second-order valence-electron chi connectivity index (χ2n) is 5.68. The first kappa shape index (κ1) is 16.1. The fraction of sp³-hybridized carbons (Fsp3) is 0.167. The third kappa shape index (κ3) is 3.60. The smallest absolute Gasteiger partial charge is 0.191 e. The summed E-state index contributed by atoms with van der Waals surface area (Å²) in [5, 5.41) is 7.92. The van der Waals surface area contributed by atoms with E-state index in [2.05, 4.69) is 44.0 Å². The molecule has 3 rings (SSSR count). The van der Waals surface area contributed by atoms with E-state index in [1.165, 1.54) is 5.56 Å². The molecule has 3 N–H and O–H groups in total. The molecule has 122 valence electrons. The number of fused-ring (bicyclic) bond motifs is 1. The van der Waals surface area contributed by atoms with Gasteiger partial charge in [-0.2, -0.15) is 5.10 Å². The molecule has 5 nitrogen and oxygen atoms in total. The highest BCUT2D eigenvalue weighted by atomic mass is 32.1. The molecule has 3 aromatic rings. The lowest BCUT2D eigenvalue weighted by Gasteiger charge is -2.11. The molecule has 0 atom stereocenters. The van der Waals surface area contributed by atoms with Crippen molar-refractivity contribution >= 4 is 39.8 Å². The molecule has 6 heteroatoms. The van der Waals surface area contributed by atoms with Crippen LogP contribution in [0.4, 0.5) is 5.69 Å². The number of para-hydroxylation sites is 2. The van der Waals surface area contributed by atoms with Crippen LogP contribution >= 0.6 is 12.2 Å². The molecule has 0 saturated heterocycles. The van der Waals surface area contributed by atoms with Gasteiger partial charge in [0.05, 0.1) is 11.0 Å². The van der Waals surface area contributed by atoms with Gasteiger partial charge in [0.15, 0.2) is 10.9 Å². The number of hydrazone groups is 1. The summed E-state index contributed by atoms with van der Waals surface area (Å²) in [4.78, 5) is 7.75. The van der Waals surface area contributed by atoms with E-state index >= 15 is 0 Å². The van der Waals surface area contributed by atoms with Crippen LogP contribution in [-0.2, 0) is 0 Å². The minimum Gasteiger partial charge on any atom is -0.337 e. The van der Waals surface area contributed by atoms with Gasteiger partial charge >= 0.3 is 0 Å². The van der Waals surface area contributed by atoms with Crippen molar-refractivity contribution in [1.82, 2.24) is 15.4 Å². The number of hydrogen-bond acceptors (Lipinski definition) is 3. The van der Waals surface area contributed by atoms with Crippen molar-refractivity contribution in [3.63, 3.8) is 0 Å². The predicted molar refractivity (Wildman–Crippen MR) is 104 cm³/mol. The number of aryl methyl sites for hydroxylation is 2. The molecular formula is C18H19N5S. The number of anilines is 1. The Hall–Kier alpha value is -2.73. The number of aromatic nitrogens is 2. The van der Waals surface area contributed by atoms with Crippen LogP contribution in [0.2, 0.25) is 0 Å². The van der Waals surface area contributed by atoms with Crippen LogP contribution in [-0.4, -0.2) is 20.8 Å². The van der Waals surface area contributed by atoms with Gasteiger partial charge in [-0.25, -0.2) is 4.98 Å². The molecular weight excluding hydrogens is 318 g/mol. The third-order valence-corrected chi connectivity index (χ3v) is 3.89. The molecule has 0 fully saturated rings. The first-order valence-electron chi connectivity index (χ1n) is 7.66. The molecule has 1 heterocycles. The van der Waals surface area contributed by atoms with E-state index in [1.807, 2.05) is 45.0 Å². The fourth-order valence-corrected chi connectivity index (χ4v) is 2.49. The lowest BCUT2D eigenvalue weighted by atomic mass is 10.1. The summed E-state index contributed by atoms with van der Waals surface area (Å²) in [6.45, 7) is 5.96. The molecule has 0 saturated carbocycles. The second-order valence-corrected chi connectivity index (χ2v) is 6.09. The highest BCUT2D eigenvalue weighted by molar-refractivity contribution is 7.80. The van der Waals surface area contributed by atoms with Crippen LogP contribution in [0.25, 0.3) is 11.0 Å². The molecule has 0 bridgehead atoms. The molecule has 2 aromatic carbocycles. The van der Waals surface area contributed by atoms with Gasteiger partial charge in [-0.15, -0.1) is 0 Å². The first-order chi connectivity index (χ1) is 11.5. The standard InChI is InChI=1S/C18H19N5S/c1-11-8-9-12(2)16(10-11)21-18(24)23-22-13(3)17-19-14-6-4-5-7-15(14)20-17/h4-10H,1-3H3,(H,19,20)(H2,21,23,24)/b22-13+. The Morgan fingerprint density at radius 2 is 1.96 bits per heavy atom. The van der Waals surface area contributed by atoms with Crippen LogP contribution in [0.5, 0.6) is 0 Å². The van der Waals surface area contributed by atoms with Gasteiger partial charge in [0.25, 0.3) is 0 Å². The number of hydrogen-bond donors (Lipinski definition) is 3. The average molecular weight is 337 g/mol. The number of nitrogens with one attached hydrogen (secondary N) is 3. The molecule has 0 aliphatic rings. The average Bonchev–Trinajstić information content (AvgIpc) is 3.00. The molecule has 0 radical (unpaired) electrons. The van der Waals surface area contributed by atoms with Crippen LogP contribution in [0.3, 0.4) is 0 Å². The third-order valence-electron chi connectivity index (χ3n) is 3.70. The van der Waals surface area contributed by atoms with E-state index in [1.54, 1.807) is 0 Å². The second kappa shape index (κ2) is 6.80. The number of nitrogens with zero attached hydrogens (tertiary/aromatic N) is 2. The molecule has 0 aliphatic carbocycles. The number of benzene rings is 2. The SMILES string of the molecule is C/C(=N\NC(=S)Nc1cc(C)ccc1C)c1nc2ccccc2[nH]1. The zero-order valence-electron chi connectivity index (χ0n) is 13.8. The largest absolute Gasteiger partial charge is 0.337 e. The molecule has 0 aliphatic heterocycles. The van der Waals surface area contributed by atoms with Crippen molar-refractivity contribution in [2.75, 3.05) is 5.32 Å². The van der Waals surface area contributed by atoms with Crippen LogP contribution in [0.15, 0.2) is 47.6 Å². The Morgan fingerprint density at radius 3 is 2.75 bits per heavy atom. The van der Waals surface area contributed by atoms with Crippen molar-refractivity contribution in [3.05, 3.63) is 59.4 Å². The summed E-state index contributed by atoms with van der Waals surface area (Å²) >= 11 is 5.31. The van der Waals surface area contributed by atoms with E-state index < -0.39 is 0 Å². The van der Waals surface area contributed by atoms with Crippen molar-refractivity contribution in [3.8, 4) is 0 Å². The summed E-state index contributed by atoms with van der Waals surface area (Å²) in [6, 6.07) is 14.1. The quantitative estimate of drug-likeness (QED) is 0.385. The monoisotopic (exact) mass is 337 g/mol. The zero-order valence-corrected chi connectivity index (χ0v) is 14.7. The van der Waals surface area contributed by atoms with E-state index in [0.717, 1.165) is 33.8 Å². The maximum absolute atomic E-state index is 5.31. The summed E-state index contributed by atoms with van der Waals surface area (Å²) in [7, 11) is 0. The maximum atomic E-state index is 5.31. The van der Waals surface area contributed by atoms with Gasteiger partial charge in [0.1, 0.15) is 5.71 Å². The number of rotatable bonds is 3. The van der Waals surface area contributed by atoms with Crippen LogP contribution in [0.1, 0.15) is 23.9 Å². The Balaban J connectivity index is 1.70. The lowest BCUT2D eigenvalue weighted by molar-refractivity contribution is 1.03. The minimum absolute atomic E-state index is 0.444. The Morgan fingerprint density at radius 1 is 1.17 bits per heavy atom. The molecule has 0 amide bonds. The van der Waals surface area contributed by atoms with E-state index in [-0.39, 0.29) is 0 Å². The van der Waals surface area contributed by atoms with Crippen LogP contribution < -0.4 is 10.7 Å². The maximum Gasteiger partial charge on any atom is 0.191 e. The summed E-state index contributed by atoms with van der Waals surface area (Å²) in [5.74, 6) is 0.721. The zero-order chi connectivity index (χ0) is 17.1. The molecule has 24 heavy (non-hydrogen) atoms. The van der Waals surface area contributed by atoms with Crippen LogP contribution in [0, 0.1) is 13.8 Å². The van der Waals surface area contributed by atoms with Gasteiger partial charge in [-0.3, -0.25) is 5.43 Å². The number of aromatic amines is 1. The highest BCUT2D eigenvalue weighted by Gasteiger charge is 2.06. The van der Waals surface area contributed by atoms with Crippen molar-refractivity contribution in [2.24, 2.45) is 5.10 Å². The predicted octanol–water partition coefficient (Wildman–Crippen LogP) is 3.89. The molecule has 0 unspecified atom stereocenters. The fourth-order valence-electron chi connectivity index (χ4n) is 2.33. The van der Waals surface area contributed by atoms with E-state index in [0.29, 0.717) is 5.11 Å². The number of H-pyrrole nitrogens is 1. The highest BCUT2D eigenvalue weighted by Crippen LogP contribution is 2.16. The summed E-state index contributed by atoms with van der Waals surface area (Å²) in [6.07, 6.45) is 0. The van der Waals surface area contributed by atoms with Gasteiger partial charge in [0, 0.05) is 5.69 Å². The molecule has 1 aromatic heterocycles. The number of thiocarbonyl (C=S) groups is 1. The van der Waals surface area contributed by atoms with Crippen molar-refractivity contribution < 1.29 is 0 Å². The topological polar surface area (TPSA) is 65.1 Å². The Labute approximate surface area is 146 Å². The van der Waals surface area contributed by atoms with Gasteiger partial charge < -0.3 is 10.3 Å². The van der Waals surface area contributed by atoms with Gasteiger partial charge in [-0.05, 0) is 62.3 Å². The number of imidazole rings is 1. The first-order valence-corrected chi connectivity index (χ1v) is 8.07.